The molecule has 3 nitrogen and oxygen atoms in total. The standard InChI is InChI=1S/C11H16N2O/c1-3-11-12-7-9-5-4-6-10(8(2)14)13(9)11/h7,10H,3-6H2,1-2H3. The van der Waals surface area contributed by atoms with Crippen molar-refractivity contribution in [3.05, 3.63) is 17.7 Å². The molecule has 0 bridgehead atoms. The van der Waals surface area contributed by atoms with E-state index in [9.17, 15) is 4.79 Å². The Morgan fingerprint density at radius 2 is 2.50 bits per heavy atom. The third-order valence-electron chi connectivity index (χ3n) is 2.96. The number of carbonyl (C=O) groups excluding carboxylic acids is 1. The van der Waals surface area contributed by atoms with E-state index in [2.05, 4.69) is 16.5 Å². The molecule has 2 rings (SSSR count). The molecule has 0 fully saturated rings. The Bertz CT molecular complexity index is 341. The molecule has 14 heavy (non-hydrogen) atoms. The van der Waals surface area contributed by atoms with Crippen molar-refractivity contribution in [3.8, 4) is 0 Å². The van der Waals surface area contributed by atoms with Gasteiger partial charge < -0.3 is 4.57 Å². The number of aryl methyl sites for hydroxylation is 2. The zero-order chi connectivity index (χ0) is 10.1. The highest BCUT2D eigenvalue weighted by Crippen LogP contribution is 2.27. The minimum Gasteiger partial charge on any atom is -0.322 e. The number of fused-ring (bicyclic) bond motifs is 1. The largest absolute Gasteiger partial charge is 0.322 e. The molecule has 0 N–H and O–H groups in total. The molecule has 1 aliphatic rings. The van der Waals surface area contributed by atoms with Gasteiger partial charge in [0, 0.05) is 18.3 Å². The van der Waals surface area contributed by atoms with Gasteiger partial charge in [0.1, 0.15) is 5.82 Å². The van der Waals surface area contributed by atoms with Crippen LogP contribution in [0.25, 0.3) is 0 Å². The molecule has 1 aromatic heterocycles. The van der Waals surface area contributed by atoms with Crippen LogP contribution in [0.3, 0.4) is 0 Å². The van der Waals surface area contributed by atoms with Gasteiger partial charge >= 0.3 is 0 Å². The molecule has 3 heteroatoms. The van der Waals surface area contributed by atoms with Gasteiger partial charge in [0.25, 0.3) is 0 Å². The van der Waals surface area contributed by atoms with Gasteiger partial charge in [0.05, 0.1) is 6.04 Å². The number of hydrogen-bond donors (Lipinski definition) is 0. The molecule has 1 unspecified atom stereocenters. The van der Waals surface area contributed by atoms with E-state index < -0.39 is 0 Å². The van der Waals surface area contributed by atoms with Gasteiger partial charge in [-0.05, 0) is 26.2 Å². The van der Waals surface area contributed by atoms with E-state index in [4.69, 9.17) is 0 Å². The highest BCUT2D eigenvalue weighted by molar-refractivity contribution is 5.80. The van der Waals surface area contributed by atoms with Gasteiger partial charge in [0.15, 0.2) is 5.78 Å². The summed E-state index contributed by atoms with van der Waals surface area (Å²) in [5.41, 5.74) is 1.23. The molecule has 1 aromatic rings. The molecule has 0 aliphatic carbocycles. The quantitative estimate of drug-likeness (QED) is 0.717. The van der Waals surface area contributed by atoms with Crippen LogP contribution < -0.4 is 0 Å². The van der Waals surface area contributed by atoms with Crippen molar-refractivity contribution in [2.75, 3.05) is 0 Å². The lowest BCUT2D eigenvalue weighted by Crippen LogP contribution is -2.24. The average molecular weight is 192 g/mol. The molecule has 1 aliphatic heterocycles. The fourth-order valence-corrected chi connectivity index (χ4v) is 2.26. The van der Waals surface area contributed by atoms with E-state index in [1.165, 1.54) is 5.69 Å². The van der Waals surface area contributed by atoms with Crippen LogP contribution in [-0.2, 0) is 17.6 Å². The highest BCUT2D eigenvalue weighted by atomic mass is 16.1. The summed E-state index contributed by atoms with van der Waals surface area (Å²) in [6, 6.07) is 0.0520. The topological polar surface area (TPSA) is 34.9 Å². The van der Waals surface area contributed by atoms with E-state index in [1.807, 2.05) is 6.20 Å². The minimum absolute atomic E-state index is 0.0520. The van der Waals surface area contributed by atoms with Crippen LogP contribution in [-0.4, -0.2) is 15.3 Å². The van der Waals surface area contributed by atoms with Crippen molar-refractivity contribution in [3.63, 3.8) is 0 Å². The highest BCUT2D eigenvalue weighted by Gasteiger charge is 2.25. The first kappa shape index (κ1) is 9.44. The Hall–Kier alpha value is -1.12. The van der Waals surface area contributed by atoms with Gasteiger partial charge in [-0.3, -0.25) is 4.79 Å². The number of carbonyl (C=O) groups is 1. The Balaban J connectivity index is 2.44. The molecule has 1 atom stereocenters. The summed E-state index contributed by atoms with van der Waals surface area (Å²) in [6.45, 7) is 3.76. The van der Waals surface area contributed by atoms with E-state index in [-0.39, 0.29) is 11.8 Å². The van der Waals surface area contributed by atoms with Crippen LogP contribution >= 0.6 is 0 Å². The third-order valence-corrected chi connectivity index (χ3v) is 2.96. The smallest absolute Gasteiger partial charge is 0.152 e. The zero-order valence-corrected chi connectivity index (χ0v) is 8.79. The van der Waals surface area contributed by atoms with E-state index in [1.54, 1.807) is 6.92 Å². The second-order valence-corrected chi connectivity index (χ2v) is 3.91. The van der Waals surface area contributed by atoms with Crippen LogP contribution in [0.4, 0.5) is 0 Å². The summed E-state index contributed by atoms with van der Waals surface area (Å²) < 4.78 is 2.14. The van der Waals surface area contributed by atoms with Crippen molar-refractivity contribution in [2.45, 2.75) is 45.6 Å². The number of Topliss-reactive ketones (excluding diaryl/α,β-unsaturated/α-hetero) is 1. The molecule has 0 aromatic carbocycles. The Morgan fingerprint density at radius 3 is 3.14 bits per heavy atom. The number of rotatable bonds is 2. The number of imidazole rings is 1. The lowest BCUT2D eigenvalue weighted by Gasteiger charge is -2.25. The second kappa shape index (κ2) is 3.56. The van der Waals surface area contributed by atoms with Crippen LogP contribution in [0.1, 0.15) is 44.2 Å². The zero-order valence-electron chi connectivity index (χ0n) is 8.79. The maximum Gasteiger partial charge on any atom is 0.152 e. The lowest BCUT2D eigenvalue weighted by molar-refractivity contribution is -0.120. The summed E-state index contributed by atoms with van der Waals surface area (Å²) in [5, 5.41) is 0. The molecule has 0 spiro atoms. The van der Waals surface area contributed by atoms with E-state index >= 15 is 0 Å². The minimum atomic E-state index is 0.0520. The monoisotopic (exact) mass is 192 g/mol. The molecular weight excluding hydrogens is 176 g/mol. The number of aromatic nitrogens is 2. The van der Waals surface area contributed by atoms with Crippen molar-refractivity contribution in [1.29, 1.82) is 0 Å². The van der Waals surface area contributed by atoms with E-state index in [0.29, 0.717) is 0 Å². The predicted octanol–water partition coefficient (Wildman–Crippen LogP) is 1.91. The molecule has 0 saturated heterocycles. The first-order valence-electron chi connectivity index (χ1n) is 5.29. The summed E-state index contributed by atoms with van der Waals surface area (Å²) in [5.74, 6) is 1.32. The first-order valence-corrected chi connectivity index (χ1v) is 5.29. The van der Waals surface area contributed by atoms with Gasteiger partial charge in [-0.25, -0.2) is 4.98 Å². The fourth-order valence-electron chi connectivity index (χ4n) is 2.26. The van der Waals surface area contributed by atoms with Gasteiger partial charge in [-0.1, -0.05) is 6.92 Å². The number of nitrogens with zero attached hydrogens (tertiary/aromatic N) is 2. The van der Waals surface area contributed by atoms with Gasteiger partial charge in [-0.2, -0.15) is 0 Å². The summed E-state index contributed by atoms with van der Waals surface area (Å²) >= 11 is 0. The van der Waals surface area contributed by atoms with Crippen molar-refractivity contribution >= 4 is 5.78 Å². The first-order chi connectivity index (χ1) is 6.74. The Kier molecular flexibility index (Phi) is 2.40. The van der Waals surface area contributed by atoms with Crippen LogP contribution in [0.15, 0.2) is 6.20 Å². The maximum absolute atomic E-state index is 11.5. The van der Waals surface area contributed by atoms with Crippen LogP contribution in [0.2, 0.25) is 0 Å². The number of ketones is 1. The molecular formula is C11H16N2O. The lowest BCUT2D eigenvalue weighted by atomic mass is 10.00. The van der Waals surface area contributed by atoms with Crippen molar-refractivity contribution in [1.82, 2.24) is 9.55 Å². The molecule has 0 saturated carbocycles. The second-order valence-electron chi connectivity index (χ2n) is 3.91. The Labute approximate surface area is 84.1 Å². The molecule has 0 amide bonds. The van der Waals surface area contributed by atoms with Crippen LogP contribution in [0.5, 0.6) is 0 Å². The summed E-state index contributed by atoms with van der Waals surface area (Å²) in [6.07, 6.45) is 5.99. The van der Waals surface area contributed by atoms with Crippen molar-refractivity contribution in [2.24, 2.45) is 0 Å². The van der Waals surface area contributed by atoms with Gasteiger partial charge in [-0.15, -0.1) is 0 Å². The third kappa shape index (κ3) is 1.37. The SMILES string of the molecule is CCc1ncc2n1C(C(C)=O)CCC2. The summed E-state index contributed by atoms with van der Waals surface area (Å²) in [4.78, 5) is 15.8. The normalized spacial score (nSPS) is 20.6. The van der Waals surface area contributed by atoms with Crippen molar-refractivity contribution < 1.29 is 4.79 Å². The van der Waals surface area contributed by atoms with Crippen LogP contribution in [0, 0.1) is 0 Å². The average Bonchev–Trinajstić information content (AvgIpc) is 2.59. The Morgan fingerprint density at radius 1 is 1.71 bits per heavy atom. The summed E-state index contributed by atoms with van der Waals surface area (Å²) in [7, 11) is 0. The molecule has 0 radical (unpaired) electrons. The maximum atomic E-state index is 11.5. The van der Waals surface area contributed by atoms with Gasteiger partial charge in [0.2, 0.25) is 0 Å². The molecule has 76 valence electrons. The number of hydrogen-bond acceptors (Lipinski definition) is 2. The fraction of sp³-hybridized carbons (Fsp3) is 0.636. The predicted molar refractivity (Wildman–Crippen MR) is 54.3 cm³/mol. The van der Waals surface area contributed by atoms with E-state index in [0.717, 1.165) is 31.5 Å². The molecule has 2 heterocycles.